The largest absolute Gasteiger partial charge is 0.269 e. The molecule has 0 saturated carbocycles. The van der Waals surface area contributed by atoms with Crippen molar-refractivity contribution in [2.75, 3.05) is 6.54 Å². The van der Waals surface area contributed by atoms with Gasteiger partial charge >= 0.3 is 0 Å². The number of halogens is 1. The average molecular weight is 378 g/mol. The van der Waals surface area contributed by atoms with Gasteiger partial charge in [0.15, 0.2) is 0 Å². The number of nitro benzene ring substituents is 1. The van der Waals surface area contributed by atoms with Crippen LogP contribution in [0.4, 0.5) is 10.1 Å². The number of non-ortho nitro benzene ring substituents is 1. The summed E-state index contributed by atoms with van der Waals surface area (Å²) in [5, 5.41) is 10.8. The Morgan fingerprint density at radius 3 is 2.46 bits per heavy atom. The predicted octanol–water partition coefficient (Wildman–Crippen LogP) is 4.04. The van der Waals surface area contributed by atoms with E-state index in [4.69, 9.17) is 0 Å². The quantitative estimate of drug-likeness (QED) is 0.594. The summed E-state index contributed by atoms with van der Waals surface area (Å²) in [5.74, 6) is -0.403. The Labute approximate surface area is 151 Å². The molecular weight excluding hydrogens is 359 g/mol. The molecule has 26 heavy (non-hydrogen) atoms. The molecule has 0 amide bonds. The van der Waals surface area contributed by atoms with E-state index in [1.165, 1.54) is 40.7 Å². The van der Waals surface area contributed by atoms with Gasteiger partial charge in [0.1, 0.15) is 5.82 Å². The highest BCUT2D eigenvalue weighted by molar-refractivity contribution is 7.89. The van der Waals surface area contributed by atoms with Crippen LogP contribution in [0.5, 0.6) is 0 Å². The molecule has 2 aromatic rings. The Hall–Kier alpha value is -2.32. The third-order valence-corrected chi connectivity index (χ3v) is 6.51. The van der Waals surface area contributed by atoms with Gasteiger partial charge < -0.3 is 0 Å². The molecule has 1 aliphatic heterocycles. The van der Waals surface area contributed by atoms with Gasteiger partial charge in [0.05, 0.1) is 15.9 Å². The van der Waals surface area contributed by atoms with Crippen molar-refractivity contribution in [1.82, 2.24) is 4.31 Å². The summed E-state index contributed by atoms with van der Waals surface area (Å²) < 4.78 is 41.4. The molecule has 1 saturated heterocycles. The topological polar surface area (TPSA) is 80.5 Å². The van der Waals surface area contributed by atoms with E-state index < -0.39 is 26.8 Å². The summed E-state index contributed by atoms with van der Waals surface area (Å²) >= 11 is 0. The van der Waals surface area contributed by atoms with Crippen LogP contribution in [0.3, 0.4) is 0 Å². The number of hydrogen-bond donors (Lipinski definition) is 0. The molecule has 0 bridgehead atoms. The minimum atomic E-state index is -3.85. The molecule has 1 aliphatic rings. The zero-order valence-electron chi connectivity index (χ0n) is 14.0. The van der Waals surface area contributed by atoms with Crippen LogP contribution >= 0.6 is 0 Å². The maximum atomic E-state index is 13.7. The molecule has 3 rings (SSSR count). The Kier molecular flexibility index (Phi) is 5.33. The van der Waals surface area contributed by atoms with E-state index in [1.807, 2.05) is 0 Å². The van der Waals surface area contributed by atoms with Crippen LogP contribution in [0, 0.1) is 15.9 Å². The zero-order valence-corrected chi connectivity index (χ0v) is 14.9. The van der Waals surface area contributed by atoms with Gasteiger partial charge in [0, 0.05) is 18.7 Å². The first-order valence-corrected chi connectivity index (χ1v) is 9.85. The SMILES string of the molecule is O=[N+]([O-])c1ccc(S(=O)(=O)N2CCCCC[C@H]2c2cccc(F)c2)cc1. The van der Waals surface area contributed by atoms with Gasteiger partial charge in [-0.2, -0.15) is 4.31 Å². The minimum Gasteiger partial charge on any atom is -0.258 e. The first-order chi connectivity index (χ1) is 12.4. The molecule has 0 N–H and O–H groups in total. The number of benzene rings is 2. The molecular formula is C18H19FN2O4S. The van der Waals surface area contributed by atoms with Crippen molar-refractivity contribution in [3.63, 3.8) is 0 Å². The lowest BCUT2D eigenvalue weighted by atomic mass is 10.0. The summed E-state index contributed by atoms with van der Waals surface area (Å²) in [4.78, 5) is 10.2. The molecule has 138 valence electrons. The number of sulfonamides is 1. The van der Waals surface area contributed by atoms with Crippen LogP contribution in [-0.4, -0.2) is 24.2 Å². The average Bonchev–Trinajstić information content (AvgIpc) is 2.88. The molecule has 0 radical (unpaired) electrons. The molecule has 0 spiro atoms. The van der Waals surface area contributed by atoms with E-state index in [9.17, 15) is 22.9 Å². The molecule has 6 nitrogen and oxygen atoms in total. The Bertz CT molecular complexity index is 900. The van der Waals surface area contributed by atoms with Crippen LogP contribution in [0.2, 0.25) is 0 Å². The van der Waals surface area contributed by atoms with Gasteiger partial charge in [-0.05, 0) is 42.7 Å². The van der Waals surface area contributed by atoms with Gasteiger partial charge in [0.2, 0.25) is 10.0 Å². The lowest BCUT2D eigenvalue weighted by Crippen LogP contribution is -2.34. The smallest absolute Gasteiger partial charge is 0.258 e. The van der Waals surface area contributed by atoms with Crippen molar-refractivity contribution in [3.05, 3.63) is 70.0 Å². The highest BCUT2D eigenvalue weighted by Gasteiger charge is 2.33. The molecule has 1 atom stereocenters. The summed E-state index contributed by atoms with van der Waals surface area (Å²) in [5.41, 5.74) is 0.457. The Morgan fingerprint density at radius 2 is 1.81 bits per heavy atom. The third kappa shape index (κ3) is 3.76. The Balaban J connectivity index is 2.00. The number of nitrogens with zero attached hydrogens (tertiary/aromatic N) is 2. The Morgan fingerprint density at radius 1 is 1.08 bits per heavy atom. The van der Waals surface area contributed by atoms with Crippen molar-refractivity contribution in [2.24, 2.45) is 0 Å². The molecule has 8 heteroatoms. The van der Waals surface area contributed by atoms with Crippen molar-refractivity contribution in [3.8, 4) is 0 Å². The van der Waals surface area contributed by atoms with Crippen LogP contribution in [-0.2, 0) is 10.0 Å². The van der Waals surface area contributed by atoms with Crippen molar-refractivity contribution in [2.45, 2.75) is 36.6 Å². The summed E-state index contributed by atoms with van der Waals surface area (Å²) in [6.45, 7) is 0.334. The van der Waals surface area contributed by atoms with Crippen molar-refractivity contribution in [1.29, 1.82) is 0 Å². The fourth-order valence-corrected chi connectivity index (χ4v) is 4.97. The first-order valence-electron chi connectivity index (χ1n) is 8.41. The van der Waals surface area contributed by atoms with Gasteiger partial charge in [-0.25, -0.2) is 12.8 Å². The van der Waals surface area contributed by atoms with E-state index in [2.05, 4.69) is 0 Å². The standard InChI is InChI=1S/C18H19FN2O4S/c19-15-6-4-5-14(13-15)18-7-2-1-3-12-20(18)26(24,25)17-10-8-16(9-11-17)21(22)23/h4-6,8-11,13,18H,1-3,7,12H2/t18-/m0/s1. The molecule has 0 unspecified atom stereocenters. The van der Waals surface area contributed by atoms with E-state index in [1.54, 1.807) is 12.1 Å². The molecule has 0 aromatic heterocycles. The van der Waals surface area contributed by atoms with Crippen LogP contribution in [0.1, 0.15) is 37.3 Å². The van der Waals surface area contributed by atoms with Crippen molar-refractivity contribution >= 4 is 15.7 Å². The minimum absolute atomic E-state index is 0.00593. The second kappa shape index (κ2) is 7.51. The highest BCUT2D eigenvalue weighted by Crippen LogP contribution is 2.35. The number of rotatable bonds is 4. The van der Waals surface area contributed by atoms with Crippen LogP contribution < -0.4 is 0 Å². The monoisotopic (exact) mass is 378 g/mol. The fraction of sp³-hybridized carbons (Fsp3) is 0.333. The maximum Gasteiger partial charge on any atom is 0.269 e. The van der Waals surface area contributed by atoms with E-state index in [0.29, 0.717) is 18.5 Å². The van der Waals surface area contributed by atoms with Gasteiger partial charge in [-0.3, -0.25) is 10.1 Å². The van der Waals surface area contributed by atoms with E-state index >= 15 is 0 Å². The molecule has 1 fully saturated rings. The highest BCUT2D eigenvalue weighted by atomic mass is 32.2. The second-order valence-corrected chi connectivity index (χ2v) is 8.18. The summed E-state index contributed by atoms with van der Waals surface area (Å²) in [6, 6.07) is 10.4. The van der Waals surface area contributed by atoms with Gasteiger partial charge in [-0.15, -0.1) is 0 Å². The fourth-order valence-electron chi connectivity index (χ4n) is 3.29. The summed E-state index contributed by atoms with van der Waals surface area (Å²) in [6.07, 6.45) is 3.08. The van der Waals surface area contributed by atoms with Crippen LogP contribution in [0.15, 0.2) is 53.4 Å². The molecule has 1 heterocycles. The number of nitro groups is 1. The number of hydrogen-bond acceptors (Lipinski definition) is 4. The van der Waals surface area contributed by atoms with Crippen molar-refractivity contribution < 1.29 is 17.7 Å². The van der Waals surface area contributed by atoms with Gasteiger partial charge in [0.25, 0.3) is 5.69 Å². The van der Waals surface area contributed by atoms with E-state index in [0.717, 1.165) is 19.3 Å². The lowest BCUT2D eigenvalue weighted by Gasteiger charge is -2.29. The molecule has 2 aromatic carbocycles. The van der Waals surface area contributed by atoms with Gasteiger partial charge in [-0.1, -0.05) is 25.0 Å². The first kappa shape index (κ1) is 18.5. The normalized spacial score (nSPS) is 19.0. The third-order valence-electron chi connectivity index (χ3n) is 4.59. The summed E-state index contributed by atoms with van der Waals surface area (Å²) in [7, 11) is -3.85. The van der Waals surface area contributed by atoms with Crippen LogP contribution in [0.25, 0.3) is 0 Å². The lowest BCUT2D eigenvalue weighted by molar-refractivity contribution is -0.384. The van der Waals surface area contributed by atoms with E-state index in [-0.39, 0.29) is 10.6 Å². The predicted molar refractivity (Wildman–Crippen MR) is 94.6 cm³/mol. The second-order valence-electron chi connectivity index (χ2n) is 6.29. The zero-order chi connectivity index (χ0) is 18.7. The molecule has 0 aliphatic carbocycles. The maximum absolute atomic E-state index is 13.7.